The quantitative estimate of drug-likeness (QED) is 0.695. The highest BCUT2D eigenvalue weighted by atomic mass is 32.1. The number of hydrogen-bond acceptors (Lipinski definition) is 6. The van der Waals surface area contributed by atoms with Gasteiger partial charge in [-0.25, -0.2) is 9.97 Å². The van der Waals surface area contributed by atoms with E-state index < -0.39 is 0 Å². The fraction of sp³-hybridized carbons (Fsp3) is 0.381. The lowest BCUT2D eigenvalue weighted by molar-refractivity contribution is -0.132. The minimum atomic E-state index is 0.207. The summed E-state index contributed by atoms with van der Waals surface area (Å²) in [5, 5.41) is 4.34. The van der Waals surface area contributed by atoms with E-state index >= 15 is 0 Å². The molecule has 0 spiro atoms. The van der Waals surface area contributed by atoms with Crippen LogP contribution in [0.2, 0.25) is 0 Å². The van der Waals surface area contributed by atoms with Gasteiger partial charge < -0.3 is 10.2 Å². The number of anilines is 1. The predicted octanol–water partition coefficient (Wildman–Crippen LogP) is 3.15. The first kappa shape index (κ1) is 18.8. The molecule has 0 aliphatic carbocycles. The Morgan fingerprint density at radius 2 is 1.93 bits per heavy atom. The van der Waals surface area contributed by atoms with E-state index in [0.29, 0.717) is 13.0 Å². The van der Waals surface area contributed by atoms with Crippen LogP contribution in [0.5, 0.6) is 0 Å². The molecule has 0 saturated carbocycles. The van der Waals surface area contributed by atoms with Gasteiger partial charge in [-0.15, -0.1) is 11.3 Å². The van der Waals surface area contributed by atoms with Crippen molar-refractivity contribution in [3.05, 3.63) is 53.2 Å². The van der Waals surface area contributed by atoms with E-state index in [2.05, 4.69) is 57.4 Å². The normalized spacial score (nSPS) is 15.1. The molecular formula is C21H25N5OS. The van der Waals surface area contributed by atoms with Gasteiger partial charge in [-0.05, 0) is 18.6 Å². The van der Waals surface area contributed by atoms with E-state index in [9.17, 15) is 4.79 Å². The van der Waals surface area contributed by atoms with Crippen LogP contribution in [0.4, 0.5) is 5.82 Å². The standard InChI is InChI=1S/C21H25N5OS/c1-16-13-18-20(23-15-24-21(18)28-16)22-8-7-19(27)26-11-9-25(10-12-26)14-17-5-3-2-4-6-17/h2-6,13,15H,7-12,14H2,1H3,(H,22,23,24). The maximum Gasteiger partial charge on any atom is 0.224 e. The third-order valence-electron chi connectivity index (χ3n) is 5.06. The summed E-state index contributed by atoms with van der Waals surface area (Å²) in [4.78, 5) is 27.8. The van der Waals surface area contributed by atoms with Crippen molar-refractivity contribution in [1.82, 2.24) is 19.8 Å². The van der Waals surface area contributed by atoms with Crippen LogP contribution in [0.25, 0.3) is 10.2 Å². The van der Waals surface area contributed by atoms with Crippen LogP contribution in [0.1, 0.15) is 16.9 Å². The van der Waals surface area contributed by atoms with Crippen molar-refractivity contribution in [1.29, 1.82) is 0 Å². The molecule has 0 atom stereocenters. The summed E-state index contributed by atoms with van der Waals surface area (Å²) >= 11 is 1.66. The minimum Gasteiger partial charge on any atom is -0.369 e. The molecule has 1 N–H and O–H groups in total. The molecule has 2 aromatic heterocycles. The third kappa shape index (κ3) is 4.48. The van der Waals surface area contributed by atoms with Gasteiger partial charge in [0, 0.05) is 50.6 Å². The van der Waals surface area contributed by atoms with Crippen LogP contribution in [0.3, 0.4) is 0 Å². The molecule has 4 rings (SSSR count). The molecule has 1 saturated heterocycles. The van der Waals surface area contributed by atoms with Crippen LogP contribution in [-0.2, 0) is 11.3 Å². The largest absolute Gasteiger partial charge is 0.369 e. The molecule has 1 amide bonds. The van der Waals surface area contributed by atoms with Gasteiger partial charge in [0.1, 0.15) is 17.0 Å². The number of piperazine rings is 1. The molecule has 1 aliphatic heterocycles. The zero-order chi connectivity index (χ0) is 19.3. The summed E-state index contributed by atoms with van der Waals surface area (Å²) in [6.45, 7) is 7.05. The highest BCUT2D eigenvalue weighted by molar-refractivity contribution is 7.18. The number of rotatable bonds is 6. The van der Waals surface area contributed by atoms with E-state index in [-0.39, 0.29) is 5.91 Å². The van der Waals surface area contributed by atoms with E-state index in [0.717, 1.165) is 48.8 Å². The average Bonchev–Trinajstić information content (AvgIpc) is 3.10. The molecule has 0 radical (unpaired) electrons. The molecule has 6 nitrogen and oxygen atoms in total. The Morgan fingerprint density at radius 1 is 1.14 bits per heavy atom. The second-order valence-corrected chi connectivity index (χ2v) is 8.35. The van der Waals surface area contributed by atoms with E-state index in [1.165, 1.54) is 10.4 Å². The topological polar surface area (TPSA) is 61.4 Å². The van der Waals surface area contributed by atoms with E-state index in [1.54, 1.807) is 17.7 Å². The summed E-state index contributed by atoms with van der Waals surface area (Å²) in [6, 6.07) is 12.6. The van der Waals surface area contributed by atoms with E-state index in [4.69, 9.17) is 0 Å². The Morgan fingerprint density at radius 3 is 2.71 bits per heavy atom. The van der Waals surface area contributed by atoms with E-state index in [1.807, 2.05) is 11.0 Å². The minimum absolute atomic E-state index is 0.207. The molecule has 146 valence electrons. The van der Waals surface area contributed by atoms with Gasteiger partial charge in [0.2, 0.25) is 5.91 Å². The lowest BCUT2D eigenvalue weighted by Gasteiger charge is -2.34. The fourth-order valence-corrected chi connectivity index (χ4v) is 4.41. The Labute approximate surface area is 169 Å². The van der Waals surface area contributed by atoms with Crippen molar-refractivity contribution >= 4 is 33.3 Å². The molecule has 1 fully saturated rings. The van der Waals surface area contributed by atoms with Crippen molar-refractivity contribution in [2.75, 3.05) is 38.0 Å². The summed E-state index contributed by atoms with van der Waals surface area (Å²) < 4.78 is 0. The van der Waals surface area contributed by atoms with Crippen LogP contribution in [-0.4, -0.2) is 58.4 Å². The maximum atomic E-state index is 12.6. The van der Waals surface area contributed by atoms with Crippen LogP contribution >= 0.6 is 11.3 Å². The first-order chi connectivity index (χ1) is 13.7. The molecule has 7 heteroatoms. The summed E-state index contributed by atoms with van der Waals surface area (Å²) in [5.41, 5.74) is 1.33. The number of fused-ring (bicyclic) bond motifs is 1. The third-order valence-corrected chi connectivity index (χ3v) is 6.02. The zero-order valence-corrected chi connectivity index (χ0v) is 16.9. The lowest BCUT2D eigenvalue weighted by atomic mass is 10.2. The van der Waals surface area contributed by atoms with Crippen molar-refractivity contribution < 1.29 is 4.79 Å². The molecule has 28 heavy (non-hydrogen) atoms. The van der Waals surface area contributed by atoms with Crippen molar-refractivity contribution in [3.8, 4) is 0 Å². The number of benzene rings is 1. The number of hydrogen-bond donors (Lipinski definition) is 1. The van der Waals surface area contributed by atoms with Crippen molar-refractivity contribution in [2.24, 2.45) is 0 Å². The summed E-state index contributed by atoms with van der Waals surface area (Å²) in [5.74, 6) is 1.02. The zero-order valence-electron chi connectivity index (χ0n) is 16.1. The Balaban J connectivity index is 1.23. The maximum absolute atomic E-state index is 12.6. The summed E-state index contributed by atoms with van der Waals surface area (Å²) in [7, 11) is 0. The second kappa shape index (κ2) is 8.67. The van der Waals surface area contributed by atoms with Crippen LogP contribution < -0.4 is 5.32 Å². The monoisotopic (exact) mass is 395 g/mol. The fourth-order valence-electron chi connectivity index (χ4n) is 3.56. The average molecular weight is 396 g/mol. The first-order valence-electron chi connectivity index (χ1n) is 9.68. The lowest BCUT2D eigenvalue weighted by Crippen LogP contribution is -2.48. The molecule has 3 heterocycles. The molecule has 1 aromatic carbocycles. The Kier molecular flexibility index (Phi) is 5.83. The number of carbonyl (C=O) groups excluding carboxylic acids is 1. The number of nitrogens with one attached hydrogen (secondary N) is 1. The number of aryl methyl sites for hydroxylation is 1. The molecule has 0 unspecified atom stereocenters. The number of amides is 1. The van der Waals surface area contributed by atoms with Gasteiger partial charge in [0.05, 0.1) is 5.39 Å². The highest BCUT2D eigenvalue weighted by Gasteiger charge is 2.20. The van der Waals surface area contributed by atoms with Crippen molar-refractivity contribution in [2.45, 2.75) is 19.9 Å². The molecule has 0 bridgehead atoms. The van der Waals surface area contributed by atoms with Crippen LogP contribution in [0, 0.1) is 6.92 Å². The summed E-state index contributed by atoms with van der Waals surface area (Å²) in [6.07, 6.45) is 2.06. The number of nitrogens with zero attached hydrogens (tertiary/aromatic N) is 4. The Bertz CT molecular complexity index is 934. The second-order valence-electron chi connectivity index (χ2n) is 7.12. The number of aromatic nitrogens is 2. The Hall–Kier alpha value is -2.51. The molecular weight excluding hydrogens is 370 g/mol. The van der Waals surface area contributed by atoms with Gasteiger partial charge in [-0.3, -0.25) is 9.69 Å². The highest BCUT2D eigenvalue weighted by Crippen LogP contribution is 2.27. The molecule has 1 aliphatic rings. The van der Waals surface area contributed by atoms with Gasteiger partial charge >= 0.3 is 0 Å². The van der Waals surface area contributed by atoms with Gasteiger partial charge in [-0.2, -0.15) is 0 Å². The first-order valence-corrected chi connectivity index (χ1v) is 10.5. The van der Waals surface area contributed by atoms with Crippen LogP contribution in [0.15, 0.2) is 42.7 Å². The van der Waals surface area contributed by atoms with Crippen molar-refractivity contribution in [3.63, 3.8) is 0 Å². The van der Waals surface area contributed by atoms with Gasteiger partial charge in [0.25, 0.3) is 0 Å². The predicted molar refractivity (Wildman–Crippen MR) is 114 cm³/mol. The van der Waals surface area contributed by atoms with Gasteiger partial charge in [-0.1, -0.05) is 30.3 Å². The van der Waals surface area contributed by atoms with Gasteiger partial charge in [0.15, 0.2) is 0 Å². The number of thiophene rings is 1. The molecule has 3 aromatic rings. The smallest absolute Gasteiger partial charge is 0.224 e. The SMILES string of the molecule is Cc1cc2c(NCCC(=O)N3CCN(Cc4ccccc4)CC3)ncnc2s1. The number of carbonyl (C=O) groups is 1.